The van der Waals surface area contributed by atoms with Crippen molar-refractivity contribution in [3.63, 3.8) is 0 Å². The number of hydrogen-bond donors (Lipinski definition) is 3. The Balaban J connectivity index is 2.03. The number of anilines is 1. The van der Waals surface area contributed by atoms with Gasteiger partial charge < -0.3 is 25.6 Å². The molecular weight excluding hydrogens is 260 g/mol. The van der Waals surface area contributed by atoms with Crippen molar-refractivity contribution >= 4 is 11.6 Å². The number of carbonyl (C=O) groups is 1. The summed E-state index contributed by atoms with van der Waals surface area (Å²) < 4.78 is 10.5. The van der Waals surface area contributed by atoms with E-state index in [0.29, 0.717) is 50.6 Å². The van der Waals surface area contributed by atoms with E-state index in [2.05, 4.69) is 5.32 Å². The number of aliphatic hydroxyl groups is 1. The number of para-hydroxylation sites is 2. The summed E-state index contributed by atoms with van der Waals surface area (Å²) >= 11 is 0. The van der Waals surface area contributed by atoms with Gasteiger partial charge in [-0.3, -0.25) is 4.79 Å². The number of amides is 1. The van der Waals surface area contributed by atoms with E-state index >= 15 is 0 Å². The summed E-state index contributed by atoms with van der Waals surface area (Å²) in [7, 11) is 0. The predicted molar refractivity (Wildman–Crippen MR) is 76.5 cm³/mol. The van der Waals surface area contributed by atoms with Crippen LogP contribution in [0.1, 0.15) is 12.8 Å². The third kappa shape index (κ3) is 6.96. The molecule has 6 heteroatoms. The summed E-state index contributed by atoms with van der Waals surface area (Å²) in [5.41, 5.74) is 6.33. The van der Waals surface area contributed by atoms with Gasteiger partial charge in [-0.1, -0.05) is 12.1 Å². The molecule has 20 heavy (non-hydrogen) atoms. The highest BCUT2D eigenvalue weighted by atomic mass is 16.5. The van der Waals surface area contributed by atoms with Crippen molar-refractivity contribution in [3.05, 3.63) is 24.3 Å². The van der Waals surface area contributed by atoms with E-state index < -0.39 is 0 Å². The quantitative estimate of drug-likeness (QED) is 0.430. The molecule has 1 amide bonds. The van der Waals surface area contributed by atoms with Crippen LogP contribution in [0.25, 0.3) is 0 Å². The lowest BCUT2D eigenvalue weighted by Crippen LogP contribution is -2.27. The topological polar surface area (TPSA) is 93.8 Å². The van der Waals surface area contributed by atoms with Crippen LogP contribution in [0, 0.1) is 0 Å². The third-order valence-electron chi connectivity index (χ3n) is 2.53. The molecule has 1 aromatic carbocycles. The summed E-state index contributed by atoms with van der Waals surface area (Å²) in [6, 6.07) is 7.27. The Labute approximate surface area is 118 Å². The molecular formula is C14H22N2O4. The lowest BCUT2D eigenvalue weighted by Gasteiger charge is -2.08. The van der Waals surface area contributed by atoms with Crippen LogP contribution in [0.2, 0.25) is 0 Å². The van der Waals surface area contributed by atoms with E-state index in [9.17, 15) is 4.79 Å². The first-order valence-corrected chi connectivity index (χ1v) is 6.66. The van der Waals surface area contributed by atoms with Gasteiger partial charge in [-0.15, -0.1) is 0 Å². The zero-order valence-electron chi connectivity index (χ0n) is 11.5. The molecule has 0 aromatic heterocycles. The maximum Gasteiger partial charge on any atom is 0.220 e. The highest BCUT2D eigenvalue weighted by Gasteiger charge is 2.02. The molecule has 112 valence electrons. The van der Waals surface area contributed by atoms with Gasteiger partial charge in [-0.05, 0) is 18.6 Å². The number of rotatable bonds is 10. The molecule has 1 aromatic rings. The average molecular weight is 282 g/mol. The summed E-state index contributed by atoms with van der Waals surface area (Å²) in [6.07, 6.45) is 1.02. The number of carbonyl (C=O) groups excluding carboxylic acids is 1. The van der Waals surface area contributed by atoms with Crippen LogP contribution >= 0.6 is 0 Å². The average Bonchev–Trinajstić information content (AvgIpc) is 2.45. The standard InChI is InChI=1S/C14H22N2O4/c15-12-4-1-2-5-13(12)20-9-3-6-14(18)16-7-10-19-11-8-17/h1-2,4-5,17H,3,6-11,15H2,(H,16,18). The molecule has 0 atom stereocenters. The SMILES string of the molecule is Nc1ccccc1OCCCC(=O)NCCOCCO. The van der Waals surface area contributed by atoms with Gasteiger partial charge in [0.25, 0.3) is 0 Å². The van der Waals surface area contributed by atoms with E-state index in [1.807, 2.05) is 12.1 Å². The van der Waals surface area contributed by atoms with Gasteiger partial charge in [0, 0.05) is 13.0 Å². The van der Waals surface area contributed by atoms with Crippen LogP contribution in [-0.4, -0.2) is 44.0 Å². The molecule has 4 N–H and O–H groups in total. The van der Waals surface area contributed by atoms with Gasteiger partial charge in [0.1, 0.15) is 5.75 Å². The fraction of sp³-hybridized carbons (Fsp3) is 0.500. The predicted octanol–water partition coefficient (Wildman–Crippen LogP) is 0.553. The van der Waals surface area contributed by atoms with E-state index in [-0.39, 0.29) is 12.5 Å². The Kier molecular flexibility index (Phi) is 8.17. The third-order valence-corrected chi connectivity index (χ3v) is 2.53. The Morgan fingerprint density at radius 3 is 2.80 bits per heavy atom. The smallest absolute Gasteiger partial charge is 0.220 e. The first-order valence-electron chi connectivity index (χ1n) is 6.66. The number of nitrogen functional groups attached to an aromatic ring is 1. The molecule has 0 aliphatic rings. The first-order chi connectivity index (χ1) is 9.74. The Hall–Kier alpha value is -1.79. The molecule has 1 rings (SSSR count). The fourth-order valence-electron chi connectivity index (χ4n) is 1.54. The normalized spacial score (nSPS) is 10.2. The molecule has 0 saturated carbocycles. The lowest BCUT2D eigenvalue weighted by molar-refractivity contribution is -0.121. The highest BCUT2D eigenvalue weighted by Crippen LogP contribution is 2.19. The summed E-state index contributed by atoms with van der Waals surface area (Å²) in [5.74, 6) is 0.604. The highest BCUT2D eigenvalue weighted by molar-refractivity contribution is 5.75. The van der Waals surface area contributed by atoms with Gasteiger partial charge in [-0.2, -0.15) is 0 Å². The van der Waals surface area contributed by atoms with Crippen LogP contribution in [0.15, 0.2) is 24.3 Å². The number of aliphatic hydroxyl groups excluding tert-OH is 1. The van der Waals surface area contributed by atoms with E-state index in [1.165, 1.54) is 0 Å². The van der Waals surface area contributed by atoms with Crippen LogP contribution in [0.3, 0.4) is 0 Å². The number of ether oxygens (including phenoxy) is 2. The van der Waals surface area contributed by atoms with Crippen molar-refractivity contribution in [3.8, 4) is 5.75 Å². The molecule has 6 nitrogen and oxygen atoms in total. The van der Waals surface area contributed by atoms with E-state index in [1.54, 1.807) is 12.1 Å². The fourth-order valence-corrected chi connectivity index (χ4v) is 1.54. The molecule has 0 radical (unpaired) electrons. The second-order valence-corrected chi connectivity index (χ2v) is 4.18. The Bertz CT molecular complexity index is 399. The molecule has 0 heterocycles. The second kappa shape index (κ2) is 10.1. The minimum Gasteiger partial charge on any atom is -0.491 e. The van der Waals surface area contributed by atoms with Crippen molar-refractivity contribution in [2.24, 2.45) is 0 Å². The summed E-state index contributed by atoms with van der Waals surface area (Å²) in [6.45, 7) is 1.59. The van der Waals surface area contributed by atoms with E-state index in [0.717, 1.165) is 0 Å². The van der Waals surface area contributed by atoms with Gasteiger partial charge in [0.15, 0.2) is 0 Å². The second-order valence-electron chi connectivity index (χ2n) is 4.18. The van der Waals surface area contributed by atoms with Crippen molar-refractivity contribution in [2.45, 2.75) is 12.8 Å². The van der Waals surface area contributed by atoms with Crippen LogP contribution in [-0.2, 0) is 9.53 Å². The minimum atomic E-state index is -0.0396. The lowest BCUT2D eigenvalue weighted by atomic mass is 10.3. The zero-order chi connectivity index (χ0) is 14.6. The molecule has 0 aliphatic heterocycles. The van der Waals surface area contributed by atoms with Crippen molar-refractivity contribution in [2.75, 3.05) is 38.7 Å². The van der Waals surface area contributed by atoms with Gasteiger partial charge in [-0.25, -0.2) is 0 Å². The van der Waals surface area contributed by atoms with Crippen molar-refractivity contribution in [1.82, 2.24) is 5.32 Å². The zero-order valence-corrected chi connectivity index (χ0v) is 11.5. The number of nitrogens with one attached hydrogen (secondary N) is 1. The van der Waals surface area contributed by atoms with Crippen LogP contribution in [0.5, 0.6) is 5.75 Å². The van der Waals surface area contributed by atoms with Crippen molar-refractivity contribution in [1.29, 1.82) is 0 Å². The van der Waals surface area contributed by atoms with Gasteiger partial charge >= 0.3 is 0 Å². The molecule has 0 bridgehead atoms. The Morgan fingerprint density at radius 1 is 1.25 bits per heavy atom. The molecule has 0 aliphatic carbocycles. The van der Waals surface area contributed by atoms with Crippen molar-refractivity contribution < 1.29 is 19.4 Å². The largest absolute Gasteiger partial charge is 0.491 e. The van der Waals surface area contributed by atoms with Crippen LogP contribution in [0.4, 0.5) is 5.69 Å². The maximum atomic E-state index is 11.5. The molecule has 0 saturated heterocycles. The van der Waals surface area contributed by atoms with Gasteiger partial charge in [0.2, 0.25) is 5.91 Å². The maximum absolute atomic E-state index is 11.5. The number of nitrogens with two attached hydrogens (primary N) is 1. The number of hydrogen-bond acceptors (Lipinski definition) is 5. The summed E-state index contributed by atoms with van der Waals surface area (Å²) in [5, 5.41) is 11.2. The first kappa shape index (κ1) is 16.3. The van der Waals surface area contributed by atoms with E-state index in [4.69, 9.17) is 20.3 Å². The minimum absolute atomic E-state index is 0.00605. The van der Waals surface area contributed by atoms with Gasteiger partial charge in [0.05, 0.1) is 32.1 Å². The molecule has 0 unspecified atom stereocenters. The number of benzene rings is 1. The summed E-state index contributed by atoms with van der Waals surface area (Å²) in [4.78, 5) is 11.5. The Morgan fingerprint density at radius 2 is 2.05 bits per heavy atom. The molecule has 0 fully saturated rings. The molecule has 0 spiro atoms. The monoisotopic (exact) mass is 282 g/mol. The van der Waals surface area contributed by atoms with Crippen LogP contribution < -0.4 is 15.8 Å².